The van der Waals surface area contributed by atoms with E-state index >= 15 is 0 Å². The van der Waals surface area contributed by atoms with Gasteiger partial charge in [-0.3, -0.25) is 4.99 Å². The maximum absolute atomic E-state index is 4.65. The van der Waals surface area contributed by atoms with Crippen LogP contribution in [0.4, 0.5) is 0 Å². The molecular weight excluding hydrogens is 244 g/mol. The Morgan fingerprint density at radius 3 is 3.11 bits per heavy atom. The molecule has 1 aliphatic rings. The number of H-pyrrole nitrogens is 1. The number of nitrogens with zero attached hydrogens (tertiary/aromatic N) is 3. The van der Waals surface area contributed by atoms with Crippen LogP contribution in [-0.2, 0) is 6.42 Å². The number of nitrogens with one attached hydrogen (secondary N) is 1. The summed E-state index contributed by atoms with van der Waals surface area (Å²) in [6.45, 7) is 0.806. The molecule has 0 bridgehead atoms. The zero-order chi connectivity index (χ0) is 11.9. The summed E-state index contributed by atoms with van der Waals surface area (Å²) in [7, 11) is 0. The van der Waals surface area contributed by atoms with Crippen LogP contribution in [0, 0.1) is 0 Å². The molecule has 0 atom stereocenters. The molecule has 5 heteroatoms. The molecular formula is C13H10N4S. The molecule has 0 amide bonds. The Morgan fingerprint density at radius 1 is 1.22 bits per heavy atom. The van der Waals surface area contributed by atoms with Crippen LogP contribution in [0.15, 0.2) is 35.6 Å². The van der Waals surface area contributed by atoms with Crippen LogP contribution >= 0.6 is 11.3 Å². The van der Waals surface area contributed by atoms with E-state index in [1.165, 1.54) is 10.4 Å². The molecule has 2 aromatic heterocycles. The van der Waals surface area contributed by atoms with Gasteiger partial charge in [-0.2, -0.15) is 0 Å². The first-order valence-electron chi connectivity index (χ1n) is 5.85. The summed E-state index contributed by atoms with van der Waals surface area (Å²) in [5.41, 5.74) is 4.08. The SMILES string of the molecule is c1ccc2sc(C3=NCCc4[nH]cnc43)nc2c1. The van der Waals surface area contributed by atoms with Gasteiger partial charge in [-0.25, -0.2) is 9.97 Å². The van der Waals surface area contributed by atoms with Crippen molar-refractivity contribution >= 4 is 27.3 Å². The van der Waals surface area contributed by atoms with Gasteiger partial charge in [-0.05, 0) is 12.1 Å². The van der Waals surface area contributed by atoms with Crippen molar-refractivity contribution < 1.29 is 0 Å². The van der Waals surface area contributed by atoms with E-state index in [1.54, 1.807) is 17.7 Å². The second-order valence-electron chi connectivity index (χ2n) is 4.20. The van der Waals surface area contributed by atoms with Gasteiger partial charge in [0.15, 0.2) is 0 Å². The second-order valence-corrected chi connectivity index (χ2v) is 5.23. The predicted octanol–water partition coefficient (Wildman–Crippen LogP) is 2.41. The molecule has 4 rings (SSSR count). The van der Waals surface area contributed by atoms with Crippen molar-refractivity contribution in [1.82, 2.24) is 15.0 Å². The first-order chi connectivity index (χ1) is 8.92. The number of benzene rings is 1. The highest BCUT2D eigenvalue weighted by Gasteiger charge is 2.21. The van der Waals surface area contributed by atoms with Gasteiger partial charge in [0.05, 0.1) is 16.5 Å². The Morgan fingerprint density at radius 2 is 2.17 bits per heavy atom. The topological polar surface area (TPSA) is 53.9 Å². The molecule has 88 valence electrons. The van der Waals surface area contributed by atoms with Gasteiger partial charge < -0.3 is 4.98 Å². The van der Waals surface area contributed by atoms with Gasteiger partial charge in [0.2, 0.25) is 0 Å². The Labute approximate surface area is 107 Å². The smallest absolute Gasteiger partial charge is 0.144 e. The lowest BCUT2D eigenvalue weighted by atomic mass is 10.1. The van der Waals surface area contributed by atoms with Gasteiger partial charge in [-0.15, -0.1) is 11.3 Å². The zero-order valence-corrected chi connectivity index (χ0v) is 10.4. The van der Waals surface area contributed by atoms with Crippen molar-refractivity contribution in [3.63, 3.8) is 0 Å². The molecule has 3 heterocycles. The molecule has 0 spiro atoms. The predicted molar refractivity (Wildman–Crippen MR) is 72.4 cm³/mol. The van der Waals surface area contributed by atoms with Crippen LogP contribution < -0.4 is 0 Å². The molecule has 0 saturated carbocycles. The highest BCUT2D eigenvalue weighted by Crippen LogP contribution is 2.25. The van der Waals surface area contributed by atoms with E-state index in [0.717, 1.165) is 34.9 Å². The summed E-state index contributed by atoms with van der Waals surface area (Å²) in [5, 5.41) is 0.962. The summed E-state index contributed by atoms with van der Waals surface area (Å²) in [6, 6.07) is 8.16. The number of aromatic amines is 1. The Bertz CT molecular complexity index is 720. The summed E-state index contributed by atoms with van der Waals surface area (Å²) in [4.78, 5) is 16.8. The maximum Gasteiger partial charge on any atom is 0.144 e. The molecule has 1 N–H and O–H groups in total. The Hall–Kier alpha value is -2.01. The number of imidazole rings is 1. The standard InChI is InChI=1S/C13H10N4S/c1-2-4-10-8(3-1)17-13(18-10)12-11-9(5-6-14-12)15-7-16-11/h1-4,7H,5-6H2,(H,15,16). The molecule has 1 aromatic carbocycles. The number of thiazole rings is 1. The van der Waals surface area contributed by atoms with Crippen LogP contribution in [0.25, 0.3) is 10.2 Å². The maximum atomic E-state index is 4.65. The molecule has 0 aliphatic carbocycles. The number of hydrogen-bond acceptors (Lipinski definition) is 4. The van der Waals surface area contributed by atoms with E-state index in [-0.39, 0.29) is 0 Å². The summed E-state index contributed by atoms with van der Waals surface area (Å²) in [5.74, 6) is 0. The largest absolute Gasteiger partial charge is 0.348 e. The first-order valence-corrected chi connectivity index (χ1v) is 6.66. The lowest BCUT2D eigenvalue weighted by Crippen LogP contribution is -2.13. The molecule has 18 heavy (non-hydrogen) atoms. The molecule has 0 unspecified atom stereocenters. The van der Waals surface area contributed by atoms with E-state index < -0.39 is 0 Å². The van der Waals surface area contributed by atoms with Crippen LogP contribution in [0.1, 0.15) is 16.4 Å². The minimum absolute atomic E-state index is 0.806. The van der Waals surface area contributed by atoms with Gasteiger partial charge in [0, 0.05) is 18.7 Å². The van der Waals surface area contributed by atoms with Crippen LogP contribution in [0.2, 0.25) is 0 Å². The fourth-order valence-electron chi connectivity index (χ4n) is 2.21. The van der Waals surface area contributed by atoms with Crippen LogP contribution in [-0.4, -0.2) is 27.2 Å². The normalized spacial score (nSPS) is 14.6. The van der Waals surface area contributed by atoms with Gasteiger partial charge in [0.25, 0.3) is 0 Å². The number of hydrogen-bond donors (Lipinski definition) is 1. The fourth-order valence-corrected chi connectivity index (χ4v) is 3.19. The van der Waals surface area contributed by atoms with Gasteiger partial charge in [-0.1, -0.05) is 12.1 Å². The van der Waals surface area contributed by atoms with E-state index in [4.69, 9.17) is 0 Å². The first kappa shape index (κ1) is 9.96. The quantitative estimate of drug-likeness (QED) is 0.725. The zero-order valence-electron chi connectivity index (χ0n) is 9.55. The van der Waals surface area contributed by atoms with E-state index in [0.29, 0.717) is 0 Å². The number of aliphatic imine (C=N–C) groups is 1. The van der Waals surface area contributed by atoms with Crippen molar-refractivity contribution in [2.24, 2.45) is 4.99 Å². The molecule has 0 fully saturated rings. The van der Waals surface area contributed by atoms with Gasteiger partial charge >= 0.3 is 0 Å². The summed E-state index contributed by atoms with van der Waals surface area (Å²) in [6.07, 6.45) is 2.67. The van der Waals surface area contributed by atoms with Crippen LogP contribution in [0.3, 0.4) is 0 Å². The number of fused-ring (bicyclic) bond motifs is 2. The van der Waals surface area contributed by atoms with Crippen LogP contribution in [0.5, 0.6) is 0 Å². The summed E-state index contributed by atoms with van der Waals surface area (Å²) >= 11 is 1.67. The number of rotatable bonds is 1. The average Bonchev–Trinajstić information content (AvgIpc) is 3.04. The van der Waals surface area contributed by atoms with E-state index in [2.05, 4.69) is 26.0 Å². The highest BCUT2D eigenvalue weighted by molar-refractivity contribution is 7.20. The van der Waals surface area contributed by atoms with Gasteiger partial charge in [0.1, 0.15) is 16.4 Å². The van der Waals surface area contributed by atoms with E-state index in [1.807, 2.05) is 18.2 Å². The van der Waals surface area contributed by atoms with Crippen molar-refractivity contribution in [2.45, 2.75) is 6.42 Å². The minimum atomic E-state index is 0.806. The lowest BCUT2D eigenvalue weighted by Gasteiger charge is -2.08. The molecule has 0 radical (unpaired) electrons. The Kier molecular flexibility index (Phi) is 2.07. The molecule has 1 aliphatic heterocycles. The average molecular weight is 254 g/mol. The van der Waals surface area contributed by atoms with Crippen molar-refractivity contribution in [3.8, 4) is 0 Å². The third-order valence-electron chi connectivity index (χ3n) is 3.07. The second kappa shape index (κ2) is 3.74. The fraction of sp³-hybridized carbons (Fsp3) is 0.154. The molecule has 0 saturated heterocycles. The minimum Gasteiger partial charge on any atom is -0.348 e. The third-order valence-corrected chi connectivity index (χ3v) is 4.11. The van der Waals surface area contributed by atoms with E-state index in [9.17, 15) is 0 Å². The third kappa shape index (κ3) is 1.41. The molecule has 3 aromatic rings. The number of para-hydroxylation sites is 1. The monoisotopic (exact) mass is 254 g/mol. The Balaban J connectivity index is 1.90. The highest BCUT2D eigenvalue weighted by atomic mass is 32.1. The van der Waals surface area contributed by atoms with Crippen molar-refractivity contribution in [1.29, 1.82) is 0 Å². The summed E-state index contributed by atoms with van der Waals surface area (Å²) < 4.78 is 1.19. The van der Waals surface area contributed by atoms with Crippen molar-refractivity contribution in [2.75, 3.05) is 6.54 Å². The number of aromatic nitrogens is 3. The van der Waals surface area contributed by atoms with Crippen molar-refractivity contribution in [3.05, 3.63) is 47.0 Å². The molecule has 4 nitrogen and oxygen atoms in total. The lowest BCUT2D eigenvalue weighted by molar-refractivity contribution is 0.911.